The highest BCUT2D eigenvalue weighted by molar-refractivity contribution is 5.90. The molecule has 0 fully saturated rings. The maximum atomic E-state index is 12.0. The van der Waals surface area contributed by atoms with Crippen molar-refractivity contribution >= 4 is 5.97 Å². The quantitative estimate of drug-likeness (QED) is 0.799. The number of aromatic nitrogens is 1. The number of hydrogen-bond acceptors (Lipinski definition) is 5. The number of rotatable bonds is 4. The van der Waals surface area contributed by atoms with Crippen LogP contribution < -0.4 is 15.9 Å². The lowest BCUT2D eigenvalue weighted by atomic mass is 10.2. The van der Waals surface area contributed by atoms with Gasteiger partial charge >= 0.3 is 12.3 Å². The number of alkyl halides is 3. The summed E-state index contributed by atoms with van der Waals surface area (Å²) in [4.78, 5) is 25.2. The molecule has 0 unspecified atom stereocenters. The molecular formula is C10H11F3N2O4. The molecule has 1 heterocycles. The number of hydrogen-bond donors (Lipinski definition) is 2. The highest BCUT2D eigenvalue weighted by Gasteiger charge is 2.32. The van der Waals surface area contributed by atoms with E-state index in [1.54, 1.807) is 0 Å². The molecule has 0 atom stereocenters. The zero-order chi connectivity index (χ0) is 14.6. The van der Waals surface area contributed by atoms with Gasteiger partial charge in [-0.05, 0) is 6.92 Å². The molecule has 0 aliphatic carbocycles. The summed E-state index contributed by atoms with van der Waals surface area (Å²) in [5.41, 5.74) is 3.69. The van der Waals surface area contributed by atoms with Crippen LogP contribution in [-0.4, -0.2) is 23.9 Å². The first-order chi connectivity index (χ1) is 8.78. The van der Waals surface area contributed by atoms with Crippen molar-refractivity contribution in [2.24, 2.45) is 5.73 Å². The number of pyridine rings is 1. The van der Waals surface area contributed by atoms with Gasteiger partial charge in [0.15, 0.2) is 5.43 Å². The molecule has 19 heavy (non-hydrogen) atoms. The van der Waals surface area contributed by atoms with Crippen molar-refractivity contribution in [3.05, 3.63) is 27.5 Å². The molecule has 0 amide bonds. The number of carbonyl (C=O) groups excluding carboxylic acids is 1. The highest BCUT2D eigenvalue weighted by Crippen LogP contribution is 2.20. The number of halogens is 3. The summed E-state index contributed by atoms with van der Waals surface area (Å²) in [5.74, 6) is -1.80. The van der Waals surface area contributed by atoms with E-state index in [2.05, 4.69) is 14.5 Å². The molecule has 0 aliphatic heterocycles. The van der Waals surface area contributed by atoms with Crippen LogP contribution in [-0.2, 0) is 11.3 Å². The predicted octanol–water partition coefficient (Wildman–Crippen LogP) is 0.909. The van der Waals surface area contributed by atoms with E-state index in [1.807, 2.05) is 0 Å². The van der Waals surface area contributed by atoms with Crippen molar-refractivity contribution in [3.63, 3.8) is 0 Å². The summed E-state index contributed by atoms with van der Waals surface area (Å²) in [6.45, 7) is 1.19. The van der Waals surface area contributed by atoms with Gasteiger partial charge in [-0.2, -0.15) is 0 Å². The number of ether oxygens (including phenoxy) is 2. The summed E-state index contributed by atoms with van der Waals surface area (Å²) in [5, 5.41) is 0. The zero-order valence-electron chi connectivity index (χ0n) is 9.84. The zero-order valence-corrected chi connectivity index (χ0v) is 9.84. The molecule has 0 saturated heterocycles. The molecule has 9 heteroatoms. The molecule has 0 saturated carbocycles. The molecule has 0 bridgehead atoms. The minimum Gasteiger partial charge on any atom is -0.462 e. The van der Waals surface area contributed by atoms with Gasteiger partial charge in [-0.3, -0.25) is 4.79 Å². The number of nitrogens with two attached hydrogens (primary N) is 1. The Morgan fingerprint density at radius 2 is 2.11 bits per heavy atom. The summed E-state index contributed by atoms with van der Waals surface area (Å²) >= 11 is 0. The third-order valence-corrected chi connectivity index (χ3v) is 1.99. The van der Waals surface area contributed by atoms with Crippen molar-refractivity contribution in [1.82, 2.24) is 4.98 Å². The van der Waals surface area contributed by atoms with Gasteiger partial charge in [0, 0.05) is 12.6 Å². The molecule has 3 N–H and O–H groups in total. The molecule has 0 aromatic carbocycles. The van der Waals surface area contributed by atoms with E-state index in [0.29, 0.717) is 6.07 Å². The van der Waals surface area contributed by atoms with Gasteiger partial charge < -0.3 is 20.2 Å². The minimum absolute atomic E-state index is 0.0170. The van der Waals surface area contributed by atoms with Gasteiger partial charge in [0.25, 0.3) is 0 Å². The molecule has 6 nitrogen and oxygen atoms in total. The monoisotopic (exact) mass is 280 g/mol. The van der Waals surface area contributed by atoms with Gasteiger partial charge in [0.1, 0.15) is 5.56 Å². The van der Waals surface area contributed by atoms with E-state index in [9.17, 15) is 22.8 Å². The number of carbonyl (C=O) groups is 1. The lowest BCUT2D eigenvalue weighted by Gasteiger charge is -2.12. The molecule has 1 aromatic rings. The molecule has 1 rings (SSSR count). The Balaban J connectivity index is 3.23. The Bertz CT molecular complexity index is 524. The van der Waals surface area contributed by atoms with E-state index < -0.39 is 29.2 Å². The average molecular weight is 280 g/mol. The van der Waals surface area contributed by atoms with Crippen LogP contribution in [0.2, 0.25) is 0 Å². The Kier molecular flexibility index (Phi) is 4.54. The fourth-order valence-electron chi connectivity index (χ4n) is 1.35. The van der Waals surface area contributed by atoms with Crippen molar-refractivity contribution in [2.45, 2.75) is 19.8 Å². The van der Waals surface area contributed by atoms with Crippen LogP contribution in [0.5, 0.6) is 5.88 Å². The Morgan fingerprint density at radius 3 is 2.58 bits per heavy atom. The van der Waals surface area contributed by atoms with Crippen molar-refractivity contribution in [2.75, 3.05) is 6.61 Å². The van der Waals surface area contributed by atoms with Gasteiger partial charge in [-0.25, -0.2) is 4.79 Å². The maximum Gasteiger partial charge on any atom is 0.574 e. The van der Waals surface area contributed by atoms with Gasteiger partial charge in [-0.15, -0.1) is 13.2 Å². The third kappa shape index (κ3) is 3.98. The van der Waals surface area contributed by atoms with Crippen molar-refractivity contribution < 1.29 is 27.4 Å². The van der Waals surface area contributed by atoms with E-state index in [1.165, 1.54) is 6.92 Å². The molecular weight excluding hydrogens is 269 g/mol. The van der Waals surface area contributed by atoms with Gasteiger partial charge in [0.05, 0.1) is 12.3 Å². The second-order valence-electron chi connectivity index (χ2n) is 3.32. The number of H-pyrrole nitrogens is 1. The SMILES string of the molecule is CCOC(=O)c1c(CN)[nH]c(OC(F)(F)F)cc1=O. The normalized spacial score (nSPS) is 11.2. The first kappa shape index (κ1) is 15.0. The Morgan fingerprint density at radius 1 is 1.47 bits per heavy atom. The highest BCUT2D eigenvalue weighted by atomic mass is 19.4. The topological polar surface area (TPSA) is 94.4 Å². The van der Waals surface area contributed by atoms with Crippen LogP contribution in [0, 0.1) is 0 Å². The molecule has 0 aliphatic rings. The van der Waals surface area contributed by atoms with Crippen LogP contribution >= 0.6 is 0 Å². The lowest BCUT2D eigenvalue weighted by molar-refractivity contribution is -0.276. The fourth-order valence-corrected chi connectivity index (χ4v) is 1.35. The van der Waals surface area contributed by atoms with E-state index in [-0.39, 0.29) is 18.8 Å². The second kappa shape index (κ2) is 5.74. The molecule has 0 radical (unpaired) electrons. The fraction of sp³-hybridized carbons (Fsp3) is 0.400. The summed E-state index contributed by atoms with van der Waals surface area (Å²) in [6, 6.07) is 0.513. The summed E-state index contributed by atoms with van der Waals surface area (Å²) < 4.78 is 44.2. The Hall–Kier alpha value is -2.03. The van der Waals surface area contributed by atoms with E-state index >= 15 is 0 Å². The van der Waals surface area contributed by atoms with Crippen LogP contribution in [0.15, 0.2) is 10.9 Å². The summed E-state index contributed by atoms with van der Waals surface area (Å²) in [6.07, 6.45) is -4.96. The first-order valence-electron chi connectivity index (χ1n) is 5.17. The maximum absolute atomic E-state index is 12.0. The standard InChI is InChI=1S/C10H11F3N2O4/c1-2-18-9(17)8-5(4-14)15-7(3-6(8)16)19-10(11,12)13/h3H,2,4,14H2,1H3,(H,15,16). The molecule has 0 spiro atoms. The first-order valence-corrected chi connectivity index (χ1v) is 5.17. The third-order valence-electron chi connectivity index (χ3n) is 1.99. The van der Waals surface area contributed by atoms with Crippen LogP contribution in [0.1, 0.15) is 23.0 Å². The number of nitrogens with one attached hydrogen (secondary N) is 1. The van der Waals surface area contributed by atoms with E-state index in [0.717, 1.165) is 0 Å². The number of aromatic amines is 1. The van der Waals surface area contributed by atoms with Crippen LogP contribution in [0.25, 0.3) is 0 Å². The second-order valence-corrected chi connectivity index (χ2v) is 3.32. The number of esters is 1. The van der Waals surface area contributed by atoms with Gasteiger partial charge in [0.2, 0.25) is 5.88 Å². The smallest absolute Gasteiger partial charge is 0.462 e. The lowest BCUT2D eigenvalue weighted by Crippen LogP contribution is -2.25. The molecule has 1 aromatic heterocycles. The van der Waals surface area contributed by atoms with Crippen molar-refractivity contribution in [3.8, 4) is 5.88 Å². The Labute approximate surface area is 105 Å². The minimum atomic E-state index is -4.96. The van der Waals surface area contributed by atoms with Crippen molar-refractivity contribution in [1.29, 1.82) is 0 Å². The van der Waals surface area contributed by atoms with Crippen LogP contribution in [0.4, 0.5) is 13.2 Å². The summed E-state index contributed by atoms with van der Waals surface area (Å²) in [7, 11) is 0. The van der Waals surface area contributed by atoms with Gasteiger partial charge in [-0.1, -0.05) is 0 Å². The average Bonchev–Trinajstić information content (AvgIpc) is 2.25. The largest absolute Gasteiger partial charge is 0.574 e. The van der Waals surface area contributed by atoms with E-state index in [4.69, 9.17) is 5.73 Å². The molecule has 106 valence electrons. The predicted molar refractivity (Wildman–Crippen MR) is 57.6 cm³/mol. The van der Waals surface area contributed by atoms with Crippen LogP contribution in [0.3, 0.4) is 0 Å².